The Morgan fingerprint density at radius 1 is 1.29 bits per heavy atom. The summed E-state index contributed by atoms with van der Waals surface area (Å²) in [5, 5.41) is 3.61. The average Bonchev–Trinajstić information content (AvgIpc) is 3.22. The van der Waals surface area contributed by atoms with Crippen molar-refractivity contribution in [3.8, 4) is 5.75 Å². The highest BCUT2D eigenvalue weighted by Gasteiger charge is 2.23. The molecule has 2 rings (SSSR count). The van der Waals surface area contributed by atoms with E-state index in [0.717, 1.165) is 12.4 Å². The number of rotatable bonds is 9. The molecule has 0 radical (unpaired) electrons. The van der Waals surface area contributed by atoms with E-state index in [2.05, 4.69) is 45.1 Å². The van der Waals surface area contributed by atoms with Gasteiger partial charge in [-0.25, -0.2) is 0 Å². The highest BCUT2D eigenvalue weighted by atomic mass is 16.6. The van der Waals surface area contributed by atoms with Gasteiger partial charge in [-0.1, -0.05) is 26.2 Å². The molecule has 3 heteroatoms. The Balaban J connectivity index is 1.91. The van der Waals surface area contributed by atoms with Crippen LogP contribution in [-0.2, 0) is 4.74 Å². The molecular formula is C18H29NO2. The first-order valence-corrected chi connectivity index (χ1v) is 8.22. The molecule has 0 spiro atoms. The highest BCUT2D eigenvalue weighted by molar-refractivity contribution is 5.55. The molecule has 1 aromatic rings. The molecular weight excluding hydrogens is 262 g/mol. The summed E-state index contributed by atoms with van der Waals surface area (Å²) in [4.78, 5) is 0. The first kappa shape index (κ1) is 16.2. The third-order valence-electron chi connectivity index (χ3n) is 3.93. The molecule has 2 unspecified atom stereocenters. The van der Waals surface area contributed by atoms with E-state index in [0.29, 0.717) is 18.8 Å². The normalized spacial score (nSPS) is 18.4. The van der Waals surface area contributed by atoms with Crippen LogP contribution in [0, 0.1) is 13.8 Å². The van der Waals surface area contributed by atoms with Gasteiger partial charge in [0.2, 0.25) is 0 Å². The van der Waals surface area contributed by atoms with Gasteiger partial charge >= 0.3 is 0 Å². The topological polar surface area (TPSA) is 33.8 Å². The first-order chi connectivity index (χ1) is 10.1. The Hall–Kier alpha value is -1.22. The standard InChI is InChI=1S/C18H29NO2/c1-5-6-7-8-15(4)19-16-9-13(2)18(14(3)10-16)21-12-17-11-20-17/h9-10,15,17,19H,5-8,11-12H2,1-4H3. The van der Waals surface area contributed by atoms with Gasteiger partial charge in [-0.15, -0.1) is 0 Å². The van der Waals surface area contributed by atoms with Gasteiger partial charge in [-0.05, 0) is 50.5 Å². The summed E-state index contributed by atoms with van der Waals surface area (Å²) in [7, 11) is 0. The average molecular weight is 291 g/mol. The van der Waals surface area contributed by atoms with Crippen molar-refractivity contribution in [1.29, 1.82) is 0 Å². The molecule has 1 heterocycles. The Bertz CT molecular complexity index is 432. The molecule has 1 aliphatic rings. The van der Waals surface area contributed by atoms with E-state index < -0.39 is 0 Å². The Morgan fingerprint density at radius 3 is 2.52 bits per heavy atom. The number of benzene rings is 1. The Labute approximate surface area is 129 Å². The van der Waals surface area contributed by atoms with Crippen LogP contribution in [0.4, 0.5) is 5.69 Å². The number of epoxide rings is 1. The lowest BCUT2D eigenvalue weighted by Gasteiger charge is -2.18. The lowest BCUT2D eigenvalue weighted by atomic mass is 10.1. The predicted octanol–water partition coefficient (Wildman–Crippen LogP) is 4.46. The van der Waals surface area contributed by atoms with Gasteiger partial charge in [-0.3, -0.25) is 0 Å². The van der Waals surface area contributed by atoms with Crippen molar-refractivity contribution in [3.63, 3.8) is 0 Å². The van der Waals surface area contributed by atoms with Crippen molar-refractivity contribution in [1.82, 2.24) is 0 Å². The van der Waals surface area contributed by atoms with E-state index >= 15 is 0 Å². The van der Waals surface area contributed by atoms with E-state index in [1.54, 1.807) is 0 Å². The molecule has 1 aromatic carbocycles. The lowest BCUT2D eigenvalue weighted by molar-refractivity contribution is 0.260. The Kier molecular flexibility index (Phi) is 5.92. The summed E-state index contributed by atoms with van der Waals surface area (Å²) in [5.74, 6) is 1.01. The summed E-state index contributed by atoms with van der Waals surface area (Å²) >= 11 is 0. The molecule has 21 heavy (non-hydrogen) atoms. The van der Waals surface area contributed by atoms with Crippen molar-refractivity contribution < 1.29 is 9.47 Å². The second-order valence-electron chi connectivity index (χ2n) is 6.25. The molecule has 0 aromatic heterocycles. The fourth-order valence-corrected chi connectivity index (χ4v) is 2.66. The summed E-state index contributed by atoms with van der Waals surface area (Å²) in [5.41, 5.74) is 3.59. The maximum absolute atomic E-state index is 5.88. The van der Waals surface area contributed by atoms with E-state index in [9.17, 15) is 0 Å². The van der Waals surface area contributed by atoms with Crippen LogP contribution >= 0.6 is 0 Å². The maximum atomic E-state index is 5.88. The summed E-state index contributed by atoms with van der Waals surface area (Å²) in [6, 6.07) is 4.89. The summed E-state index contributed by atoms with van der Waals surface area (Å²) in [6.07, 6.45) is 5.43. The molecule has 1 fully saturated rings. The molecule has 0 amide bonds. The van der Waals surface area contributed by atoms with Gasteiger partial charge in [0.05, 0.1) is 6.61 Å². The predicted molar refractivity (Wildman–Crippen MR) is 88.4 cm³/mol. The zero-order valence-electron chi connectivity index (χ0n) is 13.9. The second-order valence-corrected chi connectivity index (χ2v) is 6.25. The van der Waals surface area contributed by atoms with Gasteiger partial charge in [0.25, 0.3) is 0 Å². The number of ether oxygens (including phenoxy) is 2. The monoisotopic (exact) mass is 291 g/mol. The maximum Gasteiger partial charge on any atom is 0.125 e. The number of unbranched alkanes of at least 4 members (excludes halogenated alkanes) is 2. The van der Waals surface area contributed by atoms with E-state index in [1.165, 1.54) is 42.5 Å². The minimum atomic E-state index is 0.306. The summed E-state index contributed by atoms with van der Waals surface area (Å²) < 4.78 is 11.1. The molecule has 0 saturated carbocycles. The van der Waals surface area contributed by atoms with Crippen LogP contribution in [0.25, 0.3) is 0 Å². The highest BCUT2D eigenvalue weighted by Crippen LogP contribution is 2.28. The van der Waals surface area contributed by atoms with Crippen LogP contribution < -0.4 is 10.1 Å². The fourth-order valence-electron chi connectivity index (χ4n) is 2.66. The number of hydrogen-bond acceptors (Lipinski definition) is 3. The minimum Gasteiger partial charge on any atom is -0.490 e. The van der Waals surface area contributed by atoms with Crippen LogP contribution in [0.15, 0.2) is 12.1 Å². The SMILES string of the molecule is CCCCCC(C)Nc1cc(C)c(OCC2CO2)c(C)c1. The van der Waals surface area contributed by atoms with Gasteiger partial charge in [0.15, 0.2) is 0 Å². The van der Waals surface area contributed by atoms with E-state index in [1.807, 2.05) is 0 Å². The Morgan fingerprint density at radius 2 is 1.95 bits per heavy atom. The third-order valence-corrected chi connectivity index (χ3v) is 3.93. The van der Waals surface area contributed by atoms with Crippen LogP contribution in [0.5, 0.6) is 5.75 Å². The van der Waals surface area contributed by atoms with Crippen molar-refractivity contribution in [3.05, 3.63) is 23.3 Å². The van der Waals surface area contributed by atoms with Crippen LogP contribution in [-0.4, -0.2) is 25.4 Å². The quantitative estimate of drug-likeness (QED) is 0.538. The second kappa shape index (κ2) is 7.69. The molecule has 0 bridgehead atoms. The number of anilines is 1. The number of nitrogens with one attached hydrogen (secondary N) is 1. The van der Waals surface area contributed by atoms with E-state index in [-0.39, 0.29) is 0 Å². The van der Waals surface area contributed by atoms with Crippen molar-refractivity contribution in [2.75, 3.05) is 18.5 Å². The van der Waals surface area contributed by atoms with Crippen molar-refractivity contribution in [2.45, 2.75) is 65.5 Å². The number of aryl methyl sites for hydroxylation is 2. The molecule has 118 valence electrons. The van der Waals surface area contributed by atoms with Gasteiger partial charge in [0, 0.05) is 11.7 Å². The molecule has 2 atom stereocenters. The summed E-state index contributed by atoms with van der Waals surface area (Å²) in [6.45, 7) is 10.2. The molecule has 1 aliphatic heterocycles. The molecule has 0 aliphatic carbocycles. The smallest absolute Gasteiger partial charge is 0.125 e. The van der Waals surface area contributed by atoms with Gasteiger partial charge < -0.3 is 14.8 Å². The fraction of sp³-hybridized carbons (Fsp3) is 0.667. The first-order valence-electron chi connectivity index (χ1n) is 8.22. The van der Waals surface area contributed by atoms with Gasteiger partial charge in [-0.2, -0.15) is 0 Å². The number of hydrogen-bond donors (Lipinski definition) is 1. The van der Waals surface area contributed by atoms with Crippen molar-refractivity contribution in [2.24, 2.45) is 0 Å². The van der Waals surface area contributed by atoms with Crippen molar-refractivity contribution >= 4 is 5.69 Å². The van der Waals surface area contributed by atoms with Gasteiger partial charge in [0.1, 0.15) is 18.5 Å². The lowest BCUT2D eigenvalue weighted by Crippen LogP contribution is -2.15. The van der Waals surface area contributed by atoms with E-state index in [4.69, 9.17) is 9.47 Å². The molecule has 1 saturated heterocycles. The van der Waals surface area contributed by atoms with Crippen LogP contribution in [0.3, 0.4) is 0 Å². The van der Waals surface area contributed by atoms with Crippen LogP contribution in [0.2, 0.25) is 0 Å². The zero-order chi connectivity index (χ0) is 15.2. The van der Waals surface area contributed by atoms with Crippen LogP contribution in [0.1, 0.15) is 50.7 Å². The largest absolute Gasteiger partial charge is 0.490 e. The minimum absolute atomic E-state index is 0.306. The molecule has 1 N–H and O–H groups in total. The third kappa shape index (κ3) is 5.24. The zero-order valence-corrected chi connectivity index (χ0v) is 13.9. The molecule has 3 nitrogen and oxygen atoms in total.